The monoisotopic (exact) mass is 403 g/mol. The Bertz CT molecular complexity index is 953. The van der Waals surface area contributed by atoms with Gasteiger partial charge < -0.3 is 19.7 Å². The number of hydrogen-bond donors (Lipinski definition) is 1. The van der Waals surface area contributed by atoms with Crippen LogP contribution in [0.4, 0.5) is 11.4 Å². The predicted molar refractivity (Wildman–Crippen MR) is 122 cm³/mol. The molecule has 4 rings (SSSR count). The van der Waals surface area contributed by atoms with Crippen molar-refractivity contribution in [3.05, 3.63) is 78.6 Å². The molecule has 1 N–H and O–H groups in total. The Labute approximate surface area is 178 Å². The van der Waals surface area contributed by atoms with Crippen molar-refractivity contribution in [3.8, 4) is 11.5 Å². The van der Waals surface area contributed by atoms with Crippen molar-refractivity contribution in [3.63, 3.8) is 0 Å². The van der Waals surface area contributed by atoms with Crippen molar-refractivity contribution in [2.75, 3.05) is 44.1 Å². The Morgan fingerprint density at radius 3 is 2.53 bits per heavy atom. The second-order valence-corrected chi connectivity index (χ2v) is 7.77. The number of hydrogen-bond acceptors (Lipinski definition) is 5. The number of ether oxygens (including phenoxy) is 2. The molecule has 0 unspecified atom stereocenters. The fourth-order valence-electron chi connectivity index (χ4n) is 4.33. The van der Waals surface area contributed by atoms with Crippen LogP contribution in [0.2, 0.25) is 0 Å². The van der Waals surface area contributed by atoms with Crippen LogP contribution in [-0.4, -0.2) is 38.8 Å². The van der Waals surface area contributed by atoms with Gasteiger partial charge in [-0.25, -0.2) is 0 Å². The second-order valence-electron chi connectivity index (χ2n) is 7.77. The van der Waals surface area contributed by atoms with Gasteiger partial charge in [-0.2, -0.15) is 0 Å². The Morgan fingerprint density at radius 1 is 0.967 bits per heavy atom. The summed E-state index contributed by atoms with van der Waals surface area (Å²) < 4.78 is 11.1. The van der Waals surface area contributed by atoms with E-state index in [1.807, 2.05) is 30.5 Å². The Morgan fingerprint density at radius 2 is 1.80 bits per heavy atom. The lowest BCUT2D eigenvalue weighted by atomic mass is 9.72. The summed E-state index contributed by atoms with van der Waals surface area (Å²) in [7, 11) is 3.46. The van der Waals surface area contributed by atoms with Crippen LogP contribution in [0.25, 0.3) is 0 Å². The van der Waals surface area contributed by atoms with Crippen molar-refractivity contribution in [1.29, 1.82) is 0 Å². The van der Waals surface area contributed by atoms with Crippen molar-refractivity contribution in [2.24, 2.45) is 0 Å². The normalized spacial score (nSPS) is 15.5. The summed E-state index contributed by atoms with van der Waals surface area (Å²) in [5.74, 6) is 1.83. The molecule has 30 heavy (non-hydrogen) atoms. The van der Waals surface area contributed by atoms with E-state index in [4.69, 9.17) is 9.47 Å². The number of piperidine rings is 1. The molecule has 0 amide bonds. The fourth-order valence-corrected chi connectivity index (χ4v) is 4.33. The summed E-state index contributed by atoms with van der Waals surface area (Å²) >= 11 is 0. The number of para-hydroxylation sites is 2. The number of nitrogens with one attached hydrogen (secondary N) is 1. The molecular formula is C25H29N3O2. The van der Waals surface area contributed by atoms with Crippen molar-refractivity contribution < 1.29 is 9.47 Å². The smallest absolute Gasteiger partial charge is 0.142 e. The minimum atomic E-state index is 0.0168. The lowest BCUT2D eigenvalue weighted by molar-refractivity contribution is 0.342. The molecule has 1 aliphatic heterocycles. The number of benzene rings is 2. The predicted octanol–water partition coefficient (Wildman–Crippen LogP) is 4.75. The number of rotatable bonds is 7. The first-order chi connectivity index (χ1) is 14.7. The van der Waals surface area contributed by atoms with E-state index in [9.17, 15) is 0 Å². The highest BCUT2D eigenvalue weighted by molar-refractivity contribution is 5.59. The molecule has 0 spiro atoms. The van der Waals surface area contributed by atoms with E-state index in [0.717, 1.165) is 49.7 Å². The van der Waals surface area contributed by atoms with Gasteiger partial charge in [-0.1, -0.05) is 24.3 Å². The largest absolute Gasteiger partial charge is 0.497 e. The minimum Gasteiger partial charge on any atom is -0.497 e. The summed E-state index contributed by atoms with van der Waals surface area (Å²) in [6, 6.07) is 20.8. The molecule has 156 valence electrons. The highest BCUT2D eigenvalue weighted by atomic mass is 16.5. The van der Waals surface area contributed by atoms with Gasteiger partial charge in [0.15, 0.2) is 0 Å². The van der Waals surface area contributed by atoms with Gasteiger partial charge in [-0.05, 0) is 54.8 Å². The highest BCUT2D eigenvalue weighted by Gasteiger charge is 2.37. The average Bonchev–Trinajstić information content (AvgIpc) is 2.84. The number of pyridine rings is 1. The Hall–Kier alpha value is -3.21. The van der Waals surface area contributed by atoms with Gasteiger partial charge >= 0.3 is 0 Å². The molecule has 1 aliphatic rings. The molecule has 1 fully saturated rings. The van der Waals surface area contributed by atoms with E-state index in [1.165, 1.54) is 11.3 Å². The van der Waals surface area contributed by atoms with Crippen LogP contribution >= 0.6 is 0 Å². The molecule has 1 saturated heterocycles. The van der Waals surface area contributed by atoms with Gasteiger partial charge in [0.25, 0.3) is 0 Å². The zero-order valence-corrected chi connectivity index (χ0v) is 17.7. The van der Waals surface area contributed by atoms with Crippen molar-refractivity contribution >= 4 is 11.4 Å². The van der Waals surface area contributed by atoms with Crippen molar-refractivity contribution in [2.45, 2.75) is 18.3 Å². The third-order valence-electron chi connectivity index (χ3n) is 6.12. The van der Waals surface area contributed by atoms with Crippen LogP contribution in [0, 0.1) is 0 Å². The fraction of sp³-hybridized carbons (Fsp3) is 0.320. The zero-order valence-electron chi connectivity index (χ0n) is 17.7. The van der Waals surface area contributed by atoms with Crippen LogP contribution in [0.5, 0.6) is 11.5 Å². The maximum atomic E-state index is 5.59. The van der Waals surface area contributed by atoms with Crippen molar-refractivity contribution in [1.82, 2.24) is 4.98 Å². The van der Waals surface area contributed by atoms with Crippen LogP contribution < -0.4 is 19.7 Å². The van der Waals surface area contributed by atoms with Crippen LogP contribution in [0.3, 0.4) is 0 Å². The van der Waals surface area contributed by atoms with Crippen LogP contribution in [-0.2, 0) is 5.41 Å². The molecule has 5 nitrogen and oxygen atoms in total. The topological polar surface area (TPSA) is 46.6 Å². The first-order valence-electron chi connectivity index (χ1n) is 10.4. The lowest BCUT2D eigenvalue weighted by Gasteiger charge is -2.43. The molecule has 3 aromatic rings. The summed E-state index contributed by atoms with van der Waals surface area (Å²) in [5, 5.41) is 3.62. The molecule has 0 aliphatic carbocycles. The second kappa shape index (κ2) is 9.08. The molecule has 2 heterocycles. The lowest BCUT2D eigenvalue weighted by Crippen LogP contribution is -2.46. The molecule has 1 aromatic heterocycles. The third kappa shape index (κ3) is 4.20. The number of methoxy groups -OCH3 is 2. The van der Waals surface area contributed by atoms with Gasteiger partial charge in [0.05, 0.1) is 25.6 Å². The Kier molecular flexibility index (Phi) is 6.07. The first-order valence-corrected chi connectivity index (χ1v) is 10.4. The number of nitrogens with zero attached hydrogens (tertiary/aromatic N) is 2. The molecule has 0 bridgehead atoms. The minimum absolute atomic E-state index is 0.0168. The van der Waals surface area contributed by atoms with Gasteiger partial charge in [0, 0.05) is 37.4 Å². The SMILES string of the molecule is COc1cccc(C2(CNc3cccnc3)CCN(c3ccccc3OC)CC2)c1. The maximum Gasteiger partial charge on any atom is 0.142 e. The summed E-state index contributed by atoms with van der Waals surface area (Å²) in [6.45, 7) is 2.78. The summed E-state index contributed by atoms with van der Waals surface area (Å²) in [6.07, 6.45) is 5.74. The standard InChI is InChI=1S/C25H29N3O2/c1-29-22-9-5-7-20(17-22)25(19-27-21-8-6-14-26-18-21)12-15-28(16-13-25)23-10-3-4-11-24(23)30-2/h3-11,14,17-18,27H,12-13,15-16,19H2,1-2H3. The summed E-state index contributed by atoms with van der Waals surface area (Å²) in [5.41, 5.74) is 3.55. The molecule has 5 heteroatoms. The van der Waals surface area contributed by atoms with E-state index in [1.54, 1.807) is 20.4 Å². The van der Waals surface area contributed by atoms with E-state index in [0.29, 0.717) is 0 Å². The van der Waals surface area contributed by atoms with Gasteiger partial charge in [-0.15, -0.1) is 0 Å². The van der Waals surface area contributed by atoms with Crippen LogP contribution in [0.1, 0.15) is 18.4 Å². The number of anilines is 2. The zero-order chi connectivity index (χ0) is 20.8. The maximum absolute atomic E-state index is 5.59. The van der Waals surface area contributed by atoms with Gasteiger partial charge in [0.1, 0.15) is 11.5 Å². The van der Waals surface area contributed by atoms with Gasteiger partial charge in [0.2, 0.25) is 0 Å². The quantitative estimate of drug-likeness (QED) is 0.617. The molecule has 2 aromatic carbocycles. The molecule has 0 atom stereocenters. The van der Waals surface area contributed by atoms with E-state index >= 15 is 0 Å². The molecule has 0 saturated carbocycles. The first kappa shape index (κ1) is 20.1. The van der Waals surface area contributed by atoms with E-state index in [2.05, 4.69) is 51.6 Å². The number of aromatic nitrogens is 1. The van der Waals surface area contributed by atoms with E-state index < -0.39 is 0 Å². The highest BCUT2D eigenvalue weighted by Crippen LogP contribution is 2.40. The Balaban J connectivity index is 1.58. The van der Waals surface area contributed by atoms with E-state index in [-0.39, 0.29) is 5.41 Å². The van der Waals surface area contributed by atoms with Crippen LogP contribution in [0.15, 0.2) is 73.1 Å². The van der Waals surface area contributed by atoms with Gasteiger partial charge in [-0.3, -0.25) is 4.98 Å². The average molecular weight is 404 g/mol. The molecular weight excluding hydrogens is 374 g/mol. The molecule has 0 radical (unpaired) electrons. The third-order valence-corrected chi connectivity index (χ3v) is 6.12. The summed E-state index contributed by atoms with van der Waals surface area (Å²) in [4.78, 5) is 6.67.